The van der Waals surface area contributed by atoms with Crippen molar-refractivity contribution >= 4 is 28.5 Å². The molecule has 0 aliphatic heterocycles. The predicted molar refractivity (Wildman–Crippen MR) is 59.2 cm³/mol. The summed E-state index contributed by atoms with van der Waals surface area (Å²) in [6.45, 7) is 2.44. The normalized spacial score (nSPS) is 10.5. The number of rotatable bonds is 2. The molecule has 1 amide bonds. The molecule has 0 bridgehead atoms. The second-order valence-corrected chi connectivity index (χ2v) is 3.59. The Bertz CT molecular complexity index is 504. The molecule has 1 heterocycles. The maximum Gasteiger partial charge on any atom is 0.287 e. The number of amides is 1. The summed E-state index contributed by atoms with van der Waals surface area (Å²) in [5.41, 5.74) is 0.667. The minimum absolute atomic E-state index is 0.204. The molecule has 0 radical (unpaired) electrons. The third-order valence-corrected chi connectivity index (χ3v) is 2.27. The molecule has 0 fully saturated rings. The lowest BCUT2D eigenvalue weighted by atomic mass is 10.2. The molecular weight excluding hydrogens is 214 g/mol. The van der Waals surface area contributed by atoms with Crippen LogP contribution in [0.5, 0.6) is 0 Å². The van der Waals surface area contributed by atoms with Gasteiger partial charge in [0.15, 0.2) is 5.76 Å². The van der Waals surface area contributed by atoms with Crippen molar-refractivity contribution < 1.29 is 9.21 Å². The fourth-order valence-electron chi connectivity index (χ4n) is 1.37. The molecule has 78 valence electrons. The van der Waals surface area contributed by atoms with E-state index in [0.29, 0.717) is 22.9 Å². The summed E-state index contributed by atoms with van der Waals surface area (Å²) < 4.78 is 5.37. The SMILES string of the molecule is CCNC(=O)c1cc2cc(Cl)ccc2o1. The highest BCUT2D eigenvalue weighted by molar-refractivity contribution is 6.31. The van der Waals surface area contributed by atoms with Gasteiger partial charge in [0, 0.05) is 17.0 Å². The molecule has 0 aliphatic carbocycles. The molecule has 1 aromatic heterocycles. The molecule has 1 aromatic carbocycles. The van der Waals surface area contributed by atoms with Crippen LogP contribution in [0.2, 0.25) is 5.02 Å². The van der Waals surface area contributed by atoms with Crippen molar-refractivity contribution in [2.24, 2.45) is 0 Å². The molecule has 3 nitrogen and oxygen atoms in total. The van der Waals surface area contributed by atoms with Crippen molar-refractivity contribution in [1.29, 1.82) is 0 Å². The number of nitrogens with one attached hydrogen (secondary N) is 1. The molecule has 2 rings (SSSR count). The summed E-state index contributed by atoms with van der Waals surface area (Å²) in [5, 5.41) is 4.14. The predicted octanol–water partition coefficient (Wildman–Crippen LogP) is 2.84. The molecule has 4 heteroatoms. The van der Waals surface area contributed by atoms with Crippen molar-refractivity contribution in [3.05, 3.63) is 35.0 Å². The van der Waals surface area contributed by atoms with Crippen LogP contribution >= 0.6 is 11.6 Å². The maximum atomic E-state index is 11.5. The number of hydrogen-bond acceptors (Lipinski definition) is 2. The van der Waals surface area contributed by atoms with Crippen LogP contribution in [-0.2, 0) is 0 Å². The van der Waals surface area contributed by atoms with Crippen LogP contribution < -0.4 is 5.32 Å². The van der Waals surface area contributed by atoms with E-state index < -0.39 is 0 Å². The first kappa shape index (κ1) is 10.1. The Labute approximate surface area is 92.0 Å². The first-order valence-corrected chi connectivity index (χ1v) is 5.06. The van der Waals surface area contributed by atoms with E-state index >= 15 is 0 Å². The highest BCUT2D eigenvalue weighted by Gasteiger charge is 2.10. The van der Waals surface area contributed by atoms with Gasteiger partial charge >= 0.3 is 0 Å². The molecule has 0 aliphatic rings. The van der Waals surface area contributed by atoms with E-state index in [2.05, 4.69) is 5.32 Å². The number of fused-ring (bicyclic) bond motifs is 1. The van der Waals surface area contributed by atoms with E-state index in [9.17, 15) is 4.79 Å². The monoisotopic (exact) mass is 223 g/mol. The molecule has 0 unspecified atom stereocenters. The fraction of sp³-hybridized carbons (Fsp3) is 0.182. The standard InChI is InChI=1S/C11H10ClNO2/c1-2-13-11(14)10-6-7-5-8(12)3-4-9(7)15-10/h3-6H,2H2,1H3,(H,13,14). The first-order chi connectivity index (χ1) is 7.20. The minimum Gasteiger partial charge on any atom is -0.451 e. The van der Waals surface area contributed by atoms with Crippen LogP contribution in [0.3, 0.4) is 0 Å². The van der Waals surface area contributed by atoms with Gasteiger partial charge in [-0.25, -0.2) is 0 Å². The second kappa shape index (κ2) is 3.95. The molecular formula is C11H10ClNO2. The van der Waals surface area contributed by atoms with E-state index in [-0.39, 0.29) is 5.91 Å². The number of furan rings is 1. The summed E-state index contributed by atoms with van der Waals surface area (Å²) in [6.07, 6.45) is 0. The van der Waals surface area contributed by atoms with Crippen molar-refractivity contribution in [2.75, 3.05) is 6.54 Å². The average Bonchev–Trinajstić information content (AvgIpc) is 2.60. The van der Waals surface area contributed by atoms with E-state index in [0.717, 1.165) is 5.39 Å². The largest absolute Gasteiger partial charge is 0.451 e. The number of carbonyl (C=O) groups is 1. The lowest BCUT2D eigenvalue weighted by molar-refractivity contribution is 0.0930. The Morgan fingerprint density at radius 1 is 1.47 bits per heavy atom. The quantitative estimate of drug-likeness (QED) is 0.851. The van der Waals surface area contributed by atoms with Crippen LogP contribution in [0.4, 0.5) is 0 Å². The fourth-order valence-corrected chi connectivity index (χ4v) is 1.55. The zero-order chi connectivity index (χ0) is 10.8. The van der Waals surface area contributed by atoms with Gasteiger partial charge in [-0.2, -0.15) is 0 Å². The van der Waals surface area contributed by atoms with Crippen molar-refractivity contribution in [2.45, 2.75) is 6.92 Å². The summed E-state index contributed by atoms with van der Waals surface area (Å²) in [7, 11) is 0. The summed E-state index contributed by atoms with van der Waals surface area (Å²) in [4.78, 5) is 11.5. The van der Waals surface area contributed by atoms with Gasteiger partial charge in [0.25, 0.3) is 5.91 Å². The Morgan fingerprint density at radius 3 is 3.00 bits per heavy atom. The van der Waals surface area contributed by atoms with Crippen LogP contribution in [0.1, 0.15) is 17.5 Å². The van der Waals surface area contributed by atoms with E-state index in [1.54, 1.807) is 24.3 Å². The number of halogens is 1. The molecule has 0 saturated carbocycles. The first-order valence-electron chi connectivity index (χ1n) is 4.68. The van der Waals surface area contributed by atoms with Crippen LogP contribution in [0.15, 0.2) is 28.7 Å². The van der Waals surface area contributed by atoms with Gasteiger partial charge in [-0.1, -0.05) is 11.6 Å². The van der Waals surface area contributed by atoms with Crippen LogP contribution in [0.25, 0.3) is 11.0 Å². The van der Waals surface area contributed by atoms with E-state index in [1.807, 2.05) is 6.92 Å². The van der Waals surface area contributed by atoms with E-state index in [1.165, 1.54) is 0 Å². The number of carbonyl (C=O) groups excluding carboxylic acids is 1. The second-order valence-electron chi connectivity index (χ2n) is 3.15. The molecule has 0 spiro atoms. The van der Waals surface area contributed by atoms with Crippen molar-refractivity contribution in [1.82, 2.24) is 5.32 Å². The summed E-state index contributed by atoms with van der Waals surface area (Å²) >= 11 is 5.83. The average molecular weight is 224 g/mol. The molecule has 0 atom stereocenters. The Morgan fingerprint density at radius 2 is 2.27 bits per heavy atom. The van der Waals surface area contributed by atoms with Gasteiger partial charge in [-0.15, -0.1) is 0 Å². The zero-order valence-electron chi connectivity index (χ0n) is 8.21. The van der Waals surface area contributed by atoms with Crippen molar-refractivity contribution in [3.63, 3.8) is 0 Å². The smallest absolute Gasteiger partial charge is 0.287 e. The highest BCUT2D eigenvalue weighted by Crippen LogP contribution is 2.22. The Hall–Kier alpha value is -1.48. The lowest BCUT2D eigenvalue weighted by Crippen LogP contribution is -2.21. The third kappa shape index (κ3) is 1.97. The van der Waals surface area contributed by atoms with Gasteiger partial charge in [0.1, 0.15) is 5.58 Å². The Kier molecular flexibility index (Phi) is 2.64. The Balaban J connectivity index is 2.42. The van der Waals surface area contributed by atoms with Crippen LogP contribution in [-0.4, -0.2) is 12.5 Å². The van der Waals surface area contributed by atoms with Crippen LogP contribution in [0, 0.1) is 0 Å². The lowest BCUT2D eigenvalue weighted by Gasteiger charge is -1.95. The topological polar surface area (TPSA) is 42.2 Å². The van der Waals surface area contributed by atoms with Gasteiger partial charge in [-0.3, -0.25) is 4.79 Å². The minimum atomic E-state index is -0.204. The molecule has 15 heavy (non-hydrogen) atoms. The maximum absolute atomic E-state index is 11.5. The molecule has 1 N–H and O–H groups in total. The number of benzene rings is 1. The number of hydrogen-bond donors (Lipinski definition) is 1. The molecule has 2 aromatic rings. The van der Waals surface area contributed by atoms with Gasteiger partial charge < -0.3 is 9.73 Å². The highest BCUT2D eigenvalue weighted by atomic mass is 35.5. The van der Waals surface area contributed by atoms with Crippen molar-refractivity contribution in [3.8, 4) is 0 Å². The zero-order valence-corrected chi connectivity index (χ0v) is 8.97. The van der Waals surface area contributed by atoms with E-state index in [4.69, 9.17) is 16.0 Å². The molecule has 0 saturated heterocycles. The summed E-state index contributed by atoms with van der Waals surface area (Å²) in [6, 6.07) is 6.94. The van der Waals surface area contributed by atoms with Gasteiger partial charge in [-0.05, 0) is 31.2 Å². The van der Waals surface area contributed by atoms with Gasteiger partial charge in [0.2, 0.25) is 0 Å². The summed E-state index contributed by atoms with van der Waals surface area (Å²) in [5.74, 6) is 0.110. The van der Waals surface area contributed by atoms with Gasteiger partial charge in [0.05, 0.1) is 0 Å². The third-order valence-electron chi connectivity index (χ3n) is 2.04.